The maximum atomic E-state index is 10.1. The monoisotopic (exact) mass is 335 g/mol. The van der Waals surface area contributed by atoms with Crippen LogP contribution in [0.1, 0.15) is 6.23 Å². The molecule has 120 valence electrons. The second-order valence-corrected chi connectivity index (χ2v) is 6.08. The van der Waals surface area contributed by atoms with E-state index in [1.54, 1.807) is 0 Å². The Morgan fingerprint density at radius 3 is 2.83 bits per heavy atom. The number of aliphatic hydroxyl groups excluding tert-OH is 3. The summed E-state index contributed by atoms with van der Waals surface area (Å²) < 4.78 is 6.77. The molecule has 4 rings (SSSR count). The minimum atomic E-state index is -1.24. The Morgan fingerprint density at radius 2 is 2.13 bits per heavy atom. The summed E-state index contributed by atoms with van der Waals surface area (Å²) in [5, 5.41) is 39.2. The predicted octanol–water partition coefficient (Wildman–Crippen LogP) is -0.439. The number of rotatable bonds is 3. The minimum Gasteiger partial charge on any atom is -0.394 e. The first-order valence-corrected chi connectivity index (χ1v) is 7.81. The van der Waals surface area contributed by atoms with Gasteiger partial charge in [0.25, 0.3) is 0 Å². The highest BCUT2D eigenvalue weighted by Gasteiger charge is 2.44. The zero-order chi connectivity index (χ0) is 16.0. The van der Waals surface area contributed by atoms with Crippen LogP contribution in [-0.4, -0.2) is 65.2 Å². The van der Waals surface area contributed by atoms with Gasteiger partial charge in [-0.3, -0.25) is 0 Å². The smallest absolute Gasteiger partial charge is 0.185 e. The van der Waals surface area contributed by atoms with Crippen molar-refractivity contribution in [2.24, 2.45) is 0 Å². The molecule has 3 aromatic heterocycles. The molecule has 1 aliphatic rings. The summed E-state index contributed by atoms with van der Waals surface area (Å²) in [6, 6.07) is 3.82. The van der Waals surface area contributed by atoms with Crippen molar-refractivity contribution in [1.82, 2.24) is 25.0 Å². The highest BCUT2D eigenvalue weighted by atomic mass is 32.1. The molecule has 0 amide bonds. The van der Waals surface area contributed by atoms with Crippen LogP contribution >= 0.6 is 11.3 Å². The predicted molar refractivity (Wildman–Crippen MR) is 79.4 cm³/mol. The Hall–Kier alpha value is -1.98. The van der Waals surface area contributed by atoms with Gasteiger partial charge < -0.3 is 20.1 Å². The molecule has 0 saturated carbocycles. The van der Waals surface area contributed by atoms with E-state index in [1.165, 1.54) is 22.3 Å². The van der Waals surface area contributed by atoms with Crippen molar-refractivity contribution in [3.05, 3.63) is 23.8 Å². The SMILES string of the molecule is OC[C@H]1O[C@@H](n2nnc3c(-c4cccs4)ncnc32)[C@H](O)[C@@H]1O. The van der Waals surface area contributed by atoms with Gasteiger partial charge >= 0.3 is 0 Å². The molecule has 1 saturated heterocycles. The molecule has 4 heterocycles. The van der Waals surface area contributed by atoms with Gasteiger partial charge in [0.05, 0.1) is 11.5 Å². The van der Waals surface area contributed by atoms with Crippen LogP contribution in [0.4, 0.5) is 0 Å². The fourth-order valence-corrected chi connectivity index (χ4v) is 3.33. The van der Waals surface area contributed by atoms with E-state index >= 15 is 0 Å². The van der Waals surface area contributed by atoms with Gasteiger partial charge in [0, 0.05) is 0 Å². The number of nitrogens with zero attached hydrogens (tertiary/aromatic N) is 5. The summed E-state index contributed by atoms with van der Waals surface area (Å²) in [5.74, 6) is 0. The van der Waals surface area contributed by atoms with E-state index in [0.29, 0.717) is 16.9 Å². The third kappa shape index (κ3) is 2.23. The Balaban J connectivity index is 1.80. The van der Waals surface area contributed by atoms with Gasteiger partial charge in [0.2, 0.25) is 0 Å². The van der Waals surface area contributed by atoms with Gasteiger partial charge in [-0.25, -0.2) is 9.97 Å². The third-order valence-corrected chi connectivity index (χ3v) is 4.65. The van der Waals surface area contributed by atoms with Crippen molar-refractivity contribution in [3.8, 4) is 10.6 Å². The summed E-state index contributed by atoms with van der Waals surface area (Å²) >= 11 is 1.52. The maximum Gasteiger partial charge on any atom is 0.185 e. The average molecular weight is 335 g/mol. The summed E-state index contributed by atoms with van der Waals surface area (Å²) in [6.45, 7) is -0.406. The van der Waals surface area contributed by atoms with E-state index in [9.17, 15) is 15.3 Å². The summed E-state index contributed by atoms with van der Waals surface area (Å²) in [6.07, 6.45) is -2.91. The molecule has 9 nitrogen and oxygen atoms in total. The zero-order valence-electron chi connectivity index (χ0n) is 11.7. The van der Waals surface area contributed by atoms with Gasteiger partial charge in [0.1, 0.15) is 30.3 Å². The van der Waals surface area contributed by atoms with Crippen LogP contribution in [0, 0.1) is 0 Å². The molecule has 1 aliphatic heterocycles. The molecule has 3 aromatic rings. The molecule has 1 fully saturated rings. The van der Waals surface area contributed by atoms with E-state index in [0.717, 1.165) is 4.88 Å². The number of fused-ring (bicyclic) bond motifs is 1. The standard InChI is InChI=1S/C13H13N5O4S/c19-4-6-10(20)11(21)13(22-6)18-12-9(16-17-18)8(14-5-15-12)7-2-1-3-23-7/h1-3,5-6,10-11,13,19-21H,4H2/t6-,10-,11-,13-/m1/s1. The van der Waals surface area contributed by atoms with Crippen LogP contribution in [0.5, 0.6) is 0 Å². The van der Waals surface area contributed by atoms with Gasteiger partial charge in [-0.2, -0.15) is 4.68 Å². The molecule has 3 N–H and O–H groups in total. The van der Waals surface area contributed by atoms with Gasteiger partial charge in [-0.05, 0) is 11.4 Å². The van der Waals surface area contributed by atoms with E-state index in [1.807, 2.05) is 17.5 Å². The molecule has 0 unspecified atom stereocenters. The quantitative estimate of drug-likeness (QED) is 0.588. The van der Waals surface area contributed by atoms with Gasteiger partial charge in [-0.1, -0.05) is 11.3 Å². The lowest BCUT2D eigenvalue weighted by atomic mass is 10.1. The molecular formula is C13H13N5O4S. The lowest BCUT2D eigenvalue weighted by Gasteiger charge is -2.14. The van der Waals surface area contributed by atoms with Crippen LogP contribution in [0.3, 0.4) is 0 Å². The molecule has 0 spiro atoms. The normalized spacial score (nSPS) is 27.8. The van der Waals surface area contributed by atoms with E-state index in [4.69, 9.17) is 4.74 Å². The topological polar surface area (TPSA) is 126 Å². The molecule has 0 bridgehead atoms. The third-order valence-electron chi connectivity index (χ3n) is 3.77. The molecule has 10 heteroatoms. The highest BCUT2D eigenvalue weighted by Crippen LogP contribution is 2.32. The highest BCUT2D eigenvalue weighted by molar-refractivity contribution is 7.13. The van der Waals surface area contributed by atoms with Crippen molar-refractivity contribution in [2.45, 2.75) is 24.5 Å². The Kier molecular flexibility index (Phi) is 3.54. The first-order valence-electron chi connectivity index (χ1n) is 6.93. The Labute approximate surface area is 133 Å². The van der Waals surface area contributed by atoms with Crippen molar-refractivity contribution in [2.75, 3.05) is 6.61 Å². The van der Waals surface area contributed by atoms with Crippen LogP contribution in [0.15, 0.2) is 23.8 Å². The van der Waals surface area contributed by atoms with Crippen LogP contribution in [0.2, 0.25) is 0 Å². The number of hydrogen-bond donors (Lipinski definition) is 3. The minimum absolute atomic E-state index is 0.387. The number of aromatic nitrogens is 5. The molecule has 0 radical (unpaired) electrons. The van der Waals surface area contributed by atoms with Gasteiger partial charge in [0.15, 0.2) is 17.4 Å². The number of hydrogen-bond acceptors (Lipinski definition) is 9. The first-order chi connectivity index (χ1) is 11.2. The fourth-order valence-electron chi connectivity index (χ4n) is 2.61. The van der Waals surface area contributed by atoms with E-state index in [2.05, 4.69) is 20.3 Å². The second kappa shape index (κ2) is 5.58. The molecule has 23 heavy (non-hydrogen) atoms. The van der Waals surface area contributed by atoms with Crippen molar-refractivity contribution >= 4 is 22.5 Å². The molecule has 4 atom stereocenters. The summed E-state index contributed by atoms with van der Waals surface area (Å²) in [7, 11) is 0. The van der Waals surface area contributed by atoms with Crippen molar-refractivity contribution < 1.29 is 20.1 Å². The van der Waals surface area contributed by atoms with Crippen molar-refractivity contribution in [3.63, 3.8) is 0 Å². The van der Waals surface area contributed by atoms with Crippen molar-refractivity contribution in [1.29, 1.82) is 0 Å². The first kappa shape index (κ1) is 14.6. The molecular weight excluding hydrogens is 322 g/mol. The van der Waals surface area contributed by atoms with Crippen LogP contribution < -0.4 is 0 Å². The lowest BCUT2D eigenvalue weighted by Crippen LogP contribution is -2.33. The molecule has 0 aromatic carbocycles. The molecule has 0 aliphatic carbocycles. The maximum absolute atomic E-state index is 10.1. The van der Waals surface area contributed by atoms with Crippen LogP contribution in [-0.2, 0) is 4.74 Å². The average Bonchev–Trinajstić information content (AvgIpc) is 3.28. The Bertz CT molecular complexity index is 823. The fraction of sp³-hybridized carbons (Fsp3) is 0.385. The van der Waals surface area contributed by atoms with Gasteiger partial charge in [-0.15, -0.1) is 16.4 Å². The second-order valence-electron chi connectivity index (χ2n) is 5.13. The number of ether oxygens (including phenoxy) is 1. The summed E-state index contributed by atoms with van der Waals surface area (Å²) in [4.78, 5) is 9.33. The van der Waals surface area contributed by atoms with Crippen LogP contribution in [0.25, 0.3) is 21.7 Å². The van der Waals surface area contributed by atoms with E-state index in [-0.39, 0.29) is 0 Å². The van der Waals surface area contributed by atoms with E-state index < -0.39 is 31.1 Å². The number of thiophene rings is 1. The lowest BCUT2D eigenvalue weighted by molar-refractivity contribution is -0.0574. The number of aliphatic hydroxyl groups is 3. The largest absolute Gasteiger partial charge is 0.394 e. The zero-order valence-corrected chi connectivity index (χ0v) is 12.5. The summed E-state index contributed by atoms with van der Waals surface area (Å²) in [5.41, 5.74) is 1.51. The Morgan fingerprint density at radius 1 is 1.26 bits per heavy atom.